The Labute approximate surface area is 143 Å². The van der Waals surface area contributed by atoms with Crippen LogP contribution in [0.1, 0.15) is 17.0 Å². The maximum atomic E-state index is 12.8. The molecule has 0 radical (unpaired) electrons. The molecule has 26 heavy (non-hydrogen) atoms. The number of aromatic nitrogens is 2. The SMILES string of the molecule is [C-]#[N+]NC(N)=NCc1nonc1C(=Nc1cccc(C(F)(F)F)c1)NO. The van der Waals surface area contributed by atoms with Gasteiger partial charge in [-0.25, -0.2) is 14.6 Å². The summed E-state index contributed by atoms with van der Waals surface area (Å²) in [6, 6.07) is 4.14. The zero-order chi connectivity index (χ0) is 19.2. The van der Waals surface area contributed by atoms with Crippen molar-refractivity contribution in [1.29, 1.82) is 0 Å². The maximum absolute atomic E-state index is 12.8. The summed E-state index contributed by atoms with van der Waals surface area (Å²) >= 11 is 0. The number of nitrogens with one attached hydrogen (secondary N) is 2. The highest BCUT2D eigenvalue weighted by Crippen LogP contribution is 2.31. The number of aliphatic imine (C=N–C) groups is 2. The Morgan fingerprint density at radius 3 is 2.81 bits per heavy atom. The van der Waals surface area contributed by atoms with E-state index in [1.54, 1.807) is 5.48 Å². The van der Waals surface area contributed by atoms with E-state index in [1.807, 2.05) is 0 Å². The number of hydroxylamine groups is 1. The molecule has 2 rings (SSSR count). The number of nitrogens with two attached hydrogens (primary N) is 1. The topological polar surface area (TPSA) is 138 Å². The largest absolute Gasteiger partial charge is 0.416 e. The monoisotopic (exact) mass is 368 g/mol. The summed E-state index contributed by atoms with van der Waals surface area (Å²) in [6.45, 7) is 6.39. The lowest BCUT2D eigenvalue weighted by molar-refractivity contribution is -0.137. The quantitative estimate of drug-likeness (QED) is 0.277. The van der Waals surface area contributed by atoms with Crippen molar-refractivity contribution in [3.63, 3.8) is 0 Å². The van der Waals surface area contributed by atoms with Crippen LogP contribution in [-0.4, -0.2) is 27.3 Å². The molecule has 0 spiro atoms. The minimum Gasteiger partial charge on any atom is -0.365 e. The first-order valence-corrected chi connectivity index (χ1v) is 6.75. The molecule has 10 nitrogen and oxygen atoms in total. The molecular formula is C13H11F3N8O2. The van der Waals surface area contributed by atoms with Crippen molar-refractivity contribution in [3.8, 4) is 0 Å². The Bertz CT molecular complexity index is 869. The van der Waals surface area contributed by atoms with Crippen molar-refractivity contribution >= 4 is 17.5 Å². The maximum Gasteiger partial charge on any atom is 0.416 e. The molecule has 0 fully saturated rings. The van der Waals surface area contributed by atoms with E-state index in [0.717, 1.165) is 12.1 Å². The highest BCUT2D eigenvalue weighted by Gasteiger charge is 2.30. The minimum atomic E-state index is -4.54. The molecule has 0 aliphatic heterocycles. The van der Waals surface area contributed by atoms with Crippen LogP contribution >= 0.6 is 0 Å². The molecule has 0 bridgehead atoms. The fourth-order valence-corrected chi connectivity index (χ4v) is 1.75. The first kappa shape index (κ1) is 18.7. The molecule has 5 N–H and O–H groups in total. The van der Waals surface area contributed by atoms with Crippen LogP contribution in [0.2, 0.25) is 0 Å². The van der Waals surface area contributed by atoms with Crippen molar-refractivity contribution in [2.45, 2.75) is 12.7 Å². The lowest BCUT2D eigenvalue weighted by Gasteiger charge is -2.07. The van der Waals surface area contributed by atoms with Crippen molar-refractivity contribution < 1.29 is 23.0 Å². The van der Waals surface area contributed by atoms with Crippen molar-refractivity contribution in [2.75, 3.05) is 0 Å². The van der Waals surface area contributed by atoms with Gasteiger partial charge in [0.15, 0.2) is 11.5 Å². The van der Waals surface area contributed by atoms with E-state index in [-0.39, 0.29) is 35.4 Å². The molecule has 0 saturated carbocycles. The van der Waals surface area contributed by atoms with Crippen LogP contribution in [0.5, 0.6) is 0 Å². The molecule has 0 saturated heterocycles. The van der Waals surface area contributed by atoms with E-state index in [1.165, 1.54) is 12.1 Å². The van der Waals surface area contributed by atoms with Gasteiger partial charge in [0.2, 0.25) is 0 Å². The van der Waals surface area contributed by atoms with Crippen molar-refractivity contribution in [3.05, 3.63) is 52.7 Å². The van der Waals surface area contributed by atoms with Crippen molar-refractivity contribution in [2.24, 2.45) is 15.7 Å². The molecule has 1 aromatic heterocycles. The summed E-state index contributed by atoms with van der Waals surface area (Å²) in [7, 11) is 0. The number of hydrogen-bond donors (Lipinski definition) is 4. The van der Waals surface area contributed by atoms with Gasteiger partial charge >= 0.3 is 6.18 Å². The Balaban J connectivity index is 2.33. The number of amidine groups is 1. The van der Waals surface area contributed by atoms with E-state index >= 15 is 0 Å². The molecule has 2 aromatic rings. The van der Waals surface area contributed by atoms with Crippen molar-refractivity contribution in [1.82, 2.24) is 21.2 Å². The Hall–Kier alpha value is -3.66. The molecule has 1 aromatic carbocycles. The van der Waals surface area contributed by atoms with Crippen LogP contribution < -0.4 is 16.6 Å². The third-order valence-corrected chi connectivity index (χ3v) is 2.87. The number of alkyl halides is 3. The van der Waals surface area contributed by atoms with Crippen LogP contribution in [0.25, 0.3) is 4.95 Å². The normalized spacial score (nSPS) is 12.6. The second kappa shape index (κ2) is 7.94. The minimum absolute atomic E-state index is 0.0759. The van der Waals surface area contributed by atoms with Gasteiger partial charge in [0.25, 0.3) is 5.96 Å². The number of nitrogens with zero attached hydrogens (tertiary/aromatic N) is 5. The molecule has 0 amide bonds. The third kappa shape index (κ3) is 4.68. The summed E-state index contributed by atoms with van der Waals surface area (Å²) in [5.74, 6) is -0.505. The number of benzene rings is 1. The predicted molar refractivity (Wildman–Crippen MR) is 81.9 cm³/mol. The second-order valence-corrected chi connectivity index (χ2v) is 4.60. The lowest BCUT2D eigenvalue weighted by atomic mass is 10.2. The molecular weight excluding hydrogens is 357 g/mol. The van der Waals surface area contributed by atoms with Gasteiger partial charge in [0.1, 0.15) is 5.69 Å². The standard InChI is InChI=1S/C13H11F3N8O2/c1-18-21-12(17)19-6-9-10(24-26-23-9)11(22-25)20-8-4-2-3-7(5-8)13(14,15)16/h2-5,25H,6H2,(H,20,22)(H3,17,19,21). The van der Waals surface area contributed by atoms with E-state index in [9.17, 15) is 18.4 Å². The smallest absolute Gasteiger partial charge is 0.365 e. The summed E-state index contributed by atoms with van der Waals surface area (Å²) < 4.78 is 42.8. The Morgan fingerprint density at radius 2 is 2.15 bits per heavy atom. The summed E-state index contributed by atoms with van der Waals surface area (Å²) in [6.07, 6.45) is -4.54. The van der Waals surface area contributed by atoms with Crippen LogP contribution in [0.4, 0.5) is 18.9 Å². The Morgan fingerprint density at radius 1 is 1.38 bits per heavy atom. The zero-order valence-corrected chi connectivity index (χ0v) is 12.8. The lowest BCUT2D eigenvalue weighted by Crippen LogP contribution is -2.26. The average Bonchev–Trinajstić information content (AvgIpc) is 3.06. The van der Waals surface area contributed by atoms with Crippen LogP contribution in [-0.2, 0) is 12.7 Å². The highest BCUT2D eigenvalue weighted by atomic mass is 19.4. The van der Waals surface area contributed by atoms with Gasteiger partial charge < -0.3 is 5.73 Å². The van der Waals surface area contributed by atoms with Gasteiger partial charge in [-0.3, -0.25) is 10.7 Å². The van der Waals surface area contributed by atoms with Gasteiger partial charge in [0.05, 0.1) is 17.8 Å². The molecule has 0 aliphatic rings. The van der Waals surface area contributed by atoms with Gasteiger partial charge in [-0.2, -0.15) is 24.7 Å². The summed E-state index contributed by atoms with van der Waals surface area (Å²) in [5, 5.41) is 16.3. The number of rotatable bonds is 4. The molecule has 136 valence electrons. The fraction of sp³-hybridized carbons (Fsp3) is 0.154. The summed E-state index contributed by atoms with van der Waals surface area (Å²) in [4.78, 5) is 10.5. The average molecular weight is 368 g/mol. The van der Waals surface area contributed by atoms with E-state index in [4.69, 9.17) is 12.3 Å². The molecule has 0 aliphatic carbocycles. The first-order valence-electron chi connectivity index (χ1n) is 6.75. The molecule has 0 atom stereocenters. The van der Waals surface area contributed by atoms with Gasteiger partial charge in [-0.15, -0.1) is 0 Å². The molecule has 1 heterocycles. The van der Waals surface area contributed by atoms with Crippen LogP contribution in [0.15, 0.2) is 38.9 Å². The number of guanidine groups is 1. The van der Waals surface area contributed by atoms with Gasteiger partial charge in [0, 0.05) is 0 Å². The van der Waals surface area contributed by atoms with Crippen LogP contribution in [0.3, 0.4) is 0 Å². The van der Waals surface area contributed by atoms with E-state index in [2.05, 4.69) is 35.3 Å². The fourth-order valence-electron chi connectivity index (χ4n) is 1.75. The number of hydrogen-bond acceptors (Lipinski definition) is 6. The third-order valence-electron chi connectivity index (χ3n) is 2.87. The highest BCUT2D eigenvalue weighted by molar-refractivity contribution is 5.98. The zero-order valence-electron chi connectivity index (χ0n) is 12.8. The van der Waals surface area contributed by atoms with Gasteiger partial charge in [-0.05, 0) is 23.4 Å². The van der Waals surface area contributed by atoms with E-state index in [0.29, 0.717) is 0 Å². The predicted octanol–water partition coefficient (Wildman–Crippen LogP) is 1.38. The first-order chi connectivity index (χ1) is 12.3. The van der Waals surface area contributed by atoms with Crippen LogP contribution in [0, 0.1) is 6.57 Å². The number of halogens is 3. The summed E-state index contributed by atoms with van der Waals surface area (Å²) in [5.41, 5.74) is 8.16. The van der Waals surface area contributed by atoms with E-state index < -0.39 is 11.7 Å². The second-order valence-electron chi connectivity index (χ2n) is 4.60. The molecule has 13 heteroatoms. The molecule has 0 unspecified atom stereocenters. The van der Waals surface area contributed by atoms with Gasteiger partial charge in [-0.1, -0.05) is 16.6 Å². The Kier molecular flexibility index (Phi) is 5.71.